The second kappa shape index (κ2) is 6.88. The van der Waals surface area contributed by atoms with Gasteiger partial charge in [0.2, 0.25) is 0 Å². The lowest BCUT2D eigenvalue weighted by Crippen LogP contribution is -2.12. The van der Waals surface area contributed by atoms with Crippen LogP contribution in [0.3, 0.4) is 0 Å². The van der Waals surface area contributed by atoms with Crippen LogP contribution in [0, 0.1) is 11.3 Å². The molecule has 0 radical (unpaired) electrons. The maximum atomic E-state index is 12.7. The van der Waals surface area contributed by atoms with Crippen molar-refractivity contribution < 1.29 is 0 Å². The summed E-state index contributed by atoms with van der Waals surface area (Å²) in [7, 11) is 0. The molecule has 0 atom stereocenters. The van der Waals surface area contributed by atoms with Gasteiger partial charge in [-0.15, -0.1) is 11.3 Å². The zero-order valence-electron chi connectivity index (χ0n) is 13.6. The van der Waals surface area contributed by atoms with Gasteiger partial charge in [-0.05, 0) is 49.5 Å². The minimum Gasteiger partial charge on any atom is -0.305 e. The molecule has 0 unspecified atom stereocenters. The Morgan fingerprint density at radius 3 is 2.73 bits per heavy atom. The second-order valence-corrected chi connectivity index (χ2v) is 8.01. The smallest absolute Gasteiger partial charge is 0.260 e. The number of rotatable bonds is 2. The van der Waals surface area contributed by atoms with Crippen LogP contribution in [0.4, 0.5) is 0 Å². The molecule has 0 saturated carbocycles. The zero-order chi connectivity index (χ0) is 18.3. The average molecular weight is 402 g/mol. The molecule has 1 aliphatic rings. The van der Waals surface area contributed by atoms with E-state index in [2.05, 4.69) is 16.0 Å². The third kappa shape index (κ3) is 2.95. The number of nitrogens with one attached hydrogen (secondary N) is 1. The Labute approximate surface area is 163 Å². The van der Waals surface area contributed by atoms with Gasteiger partial charge >= 0.3 is 0 Å². The SMILES string of the molecule is N#C/C(=C\c1c(Cl)cccc1Cl)c1nc2sc3c(c2c(=O)[nH]1)CCCC3. The Morgan fingerprint density at radius 2 is 2.00 bits per heavy atom. The number of halogens is 2. The fourth-order valence-electron chi connectivity index (χ4n) is 3.24. The Morgan fingerprint density at radius 1 is 1.27 bits per heavy atom. The molecule has 1 N–H and O–H groups in total. The molecule has 4 nitrogen and oxygen atoms in total. The van der Waals surface area contributed by atoms with Gasteiger partial charge < -0.3 is 4.98 Å². The Hall–Kier alpha value is -2.13. The van der Waals surface area contributed by atoms with Crippen LogP contribution < -0.4 is 5.56 Å². The number of nitrogens with zero attached hydrogens (tertiary/aromatic N) is 2. The first-order chi connectivity index (χ1) is 12.6. The highest BCUT2D eigenvalue weighted by atomic mass is 35.5. The van der Waals surface area contributed by atoms with E-state index in [1.807, 2.05) is 0 Å². The molecule has 2 aromatic heterocycles. The largest absolute Gasteiger partial charge is 0.305 e. The van der Waals surface area contributed by atoms with Crippen molar-refractivity contribution in [1.29, 1.82) is 5.26 Å². The van der Waals surface area contributed by atoms with Crippen molar-refractivity contribution in [1.82, 2.24) is 9.97 Å². The fraction of sp³-hybridized carbons (Fsp3) is 0.211. The Balaban J connectivity index is 1.89. The van der Waals surface area contributed by atoms with Gasteiger partial charge in [0.05, 0.1) is 11.0 Å². The lowest BCUT2D eigenvalue weighted by Gasteiger charge is -2.09. The molecule has 3 aromatic rings. The summed E-state index contributed by atoms with van der Waals surface area (Å²) in [4.78, 5) is 21.9. The first kappa shape index (κ1) is 17.3. The number of aromatic amines is 1. The molecule has 0 amide bonds. The van der Waals surface area contributed by atoms with E-state index >= 15 is 0 Å². The summed E-state index contributed by atoms with van der Waals surface area (Å²) < 4.78 is 0. The summed E-state index contributed by atoms with van der Waals surface area (Å²) in [6.45, 7) is 0. The first-order valence-electron chi connectivity index (χ1n) is 8.19. The number of fused-ring (bicyclic) bond motifs is 3. The van der Waals surface area contributed by atoms with E-state index < -0.39 is 0 Å². The maximum Gasteiger partial charge on any atom is 0.260 e. The Kier molecular flexibility index (Phi) is 4.58. The summed E-state index contributed by atoms with van der Waals surface area (Å²) >= 11 is 13.9. The maximum absolute atomic E-state index is 12.7. The van der Waals surface area contributed by atoms with Crippen molar-refractivity contribution in [2.45, 2.75) is 25.7 Å². The van der Waals surface area contributed by atoms with Crippen LogP contribution in [0.15, 0.2) is 23.0 Å². The molecular weight excluding hydrogens is 389 g/mol. The van der Waals surface area contributed by atoms with Crippen LogP contribution in [-0.2, 0) is 12.8 Å². The number of allylic oxidation sites excluding steroid dienone is 1. The molecule has 2 heterocycles. The molecule has 0 spiro atoms. The highest BCUT2D eigenvalue weighted by Gasteiger charge is 2.20. The van der Waals surface area contributed by atoms with Gasteiger partial charge in [0.1, 0.15) is 10.9 Å². The summed E-state index contributed by atoms with van der Waals surface area (Å²) in [6.07, 6.45) is 5.69. The van der Waals surface area contributed by atoms with Crippen LogP contribution in [-0.4, -0.2) is 9.97 Å². The van der Waals surface area contributed by atoms with Gasteiger partial charge in [0, 0.05) is 20.5 Å². The van der Waals surface area contributed by atoms with Crippen molar-refractivity contribution in [2.75, 3.05) is 0 Å². The molecule has 0 fully saturated rings. The quantitative estimate of drug-likeness (QED) is 0.597. The molecule has 0 bridgehead atoms. The lowest BCUT2D eigenvalue weighted by atomic mass is 9.97. The number of hydrogen-bond acceptors (Lipinski definition) is 4. The number of benzene rings is 1. The number of nitriles is 1. The van der Waals surface area contributed by atoms with E-state index in [1.54, 1.807) is 35.6 Å². The van der Waals surface area contributed by atoms with E-state index in [0.717, 1.165) is 31.2 Å². The Bertz CT molecular complexity index is 1130. The van der Waals surface area contributed by atoms with E-state index in [9.17, 15) is 10.1 Å². The van der Waals surface area contributed by atoms with Crippen molar-refractivity contribution in [2.24, 2.45) is 0 Å². The monoisotopic (exact) mass is 401 g/mol. The molecule has 1 aromatic carbocycles. The van der Waals surface area contributed by atoms with E-state index in [4.69, 9.17) is 23.2 Å². The molecule has 130 valence electrons. The highest BCUT2D eigenvalue weighted by molar-refractivity contribution is 7.18. The third-order valence-electron chi connectivity index (χ3n) is 4.49. The summed E-state index contributed by atoms with van der Waals surface area (Å²) in [6, 6.07) is 7.21. The van der Waals surface area contributed by atoms with E-state index in [1.165, 1.54) is 4.88 Å². The molecule has 26 heavy (non-hydrogen) atoms. The predicted octanol–water partition coefficient (Wildman–Crippen LogP) is 5.23. The summed E-state index contributed by atoms with van der Waals surface area (Å²) in [5, 5.41) is 11.1. The summed E-state index contributed by atoms with van der Waals surface area (Å²) in [5.74, 6) is 0.236. The average Bonchev–Trinajstić information content (AvgIpc) is 3.00. The number of hydrogen-bond donors (Lipinski definition) is 1. The number of aryl methyl sites for hydroxylation is 2. The van der Waals surface area contributed by atoms with Gasteiger partial charge in [0.25, 0.3) is 5.56 Å². The van der Waals surface area contributed by atoms with Gasteiger partial charge in [-0.2, -0.15) is 5.26 Å². The summed E-state index contributed by atoms with van der Waals surface area (Å²) in [5.41, 5.74) is 1.66. The molecular formula is C19H13Cl2N3OS. The van der Waals surface area contributed by atoms with Gasteiger partial charge in [-0.25, -0.2) is 4.98 Å². The van der Waals surface area contributed by atoms with Gasteiger partial charge in [-0.1, -0.05) is 29.3 Å². The third-order valence-corrected chi connectivity index (χ3v) is 6.33. The molecule has 0 aliphatic heterocycles. The number of thiophene rings is 1. The topological polar surface area (TPSA) is 69.5 Å². The standard InChI is InChI=1S/C19H13Cl2N3OS/c20-13-5-3-6-14(21)12(13)8-10(9-22)17-23-18(25)16-11-4-1-2-7-15(11)26-19(16)24-17/h3,5-6,8H,1-2,4,7H2,(H,23,24,25)/b10-8+. The van der Waals surface area contributed by atoms with E-state index in [-0.39, 0.29) is 17.0 Å². The van der Waals surface area contributed by atoms with Gasteiger partial charge in [-0.3, -0.25) is 4.79 Å². The lowest BCUT2D eigenvalue weighted by molar-refractivity contribution is 0.700. The highest BCUT2D eigenvalue weighted by Crippen LogP contribution is 2.34. The molecule has 4 rings (SSSR count). The minimum atomic E-state index is -0.198. The second-order valence-electron chi connectivity index (χ2n) is 6.11. The van der Waals surface area contributed by atoms with Crippen molar-refractivity contribution in [3.05, 3.63) is 60.4 Å². The van der Waals surface area contributed by atoms with Gasteiger partial charge in [0.15, 0.2) is 5.82 Å². The molecule has 1 aliphatic carbocycles. The van der Waals surface area contributed by atoms with Crippen LogP contribution in [0.1, 0.15) is 34.7 Å². The normalized spacial score (nSPS) is 14.3. The van der Waals surface area contributed by atoms with Crippen LogP contribution in [0.2, 0.25) is 10.0 Å². The number of H-pyrrole nitrogens is 1. The van der Waals surface area contributed by atoms with Crippen molar-refractivity contribution in [3.63, 3.8) is 0 Å². The van der Waals surface area contributed by atoms with E-state index in [0.29, 0.717) is 25.8 Å². The minimum absolute atomic E-state index is 0.198. The van der Waals surface area contributed by atoms with Crippen LogP contribution in [0.25, 0.3) is 21.9 Å². The van der Waals surface area contributed by atoms with Crippen LogP contribution in [0.5, 0.6) is 0 Å². The number of aromatic nitrogens is 2. The molecule has 7 heteroatoms. The van der Waals surface area contributed by atoms with Crippen molar-refractivity contribution >= 4 is 56.4 Å². The fourth-order valence-corrected chi connectivity index (χ4v) is 5.01. The molecule has 0 saturated heterocycles. The first-order valence-corrected chi connectivity index (χ1v) is 9.76. The van der Waals surface area contributed by atoms with Crippen LogP contribution >= 0.6 is 34.5 Å². The predicted molar refractivity (Wildman–Crippen MR) is 107 cm³/mol. The van der Waals surface area contributed by atoms with Crippen molar-refractivity contribution in [3.8, 4) is 6.07 Å². The zero-order valence-corrected chi connectivity index (χ0v) is 15.9.